The molecule has 2 rings (SSSR count). The molecule has 1 aromatic carbocycles. The molecule has 1 aliphatic rings. The number of nitrogens with zero attached hydrogens (tertiary/aromatic N) is 2. The highest BCUT2D eigenvalue weighted by molar-refractivity contribution is 9.10. The van der Waals surface area contributed by atoms with Crippen LogP contribution in [0.3, 0.4) is 0 Å². The normalized spacial score (nSPS) is 19.1. The fourth-order valence-electron chi connectivity index (χ4n) is 2.30. The number of aliphatic hydroxyl groups is 1. The van der Waals surface area contributed by atoms with Crippen molar-refractivity contribution in [3.05, 3.63) is 28.2 Å². The number of anilines is 1. The van der Waals surface area contributed by atoms with Crippen LogP contribution in [0.2, 0.25) is 0 Å². The van der Waals surface area contributed by atoms with E-state index in [0.717, 1.165) is 15.7 Å². The predicted molar refractivity (Wildman–Crippen MR) is 83.4 cm³/mol. The maximum atomic E-state index is 11.5. The molecule has 5 nitrogen and oxygen atoms in total. The third-order valence-electron chi connectivity index (χ3n) is 3.50. The highest BCUT2D eigenvalue weighted by Crippen LogP contribution is 2.30. The van der Waals surface area contributed by atoms with Gasteiger partial charge in [-0.05, 0) is 40.5 Å². The van der Waals surface area contributed by atoms with Crippen LogP contribution in [0.15, 0.2) is 22.7 Å². The number of aliphatic hydroxyl groups excluding tert-OH is 1. The second-order valence-corrected chi connectivity index (χ2v) is 7.87. The van der Waals surface area contributed by atoms with E-state index in [2.05, 4.69) is 20.8 Å². The van der Waals surface area contributed by atoms with Crippen LogP contribution in [0.4, 0.5) is 5.69 Å². The van der Waals surface area contributed by atoms with Gasteiger partial charge in [0.1, 0.15) is 0 Å². The van der Waals surface area contributed by atoms with Crippen molar-refractivity contribution in [1.82, 2.24) is 4.31 Å². The standard InChI is InChI=1S/C13H19BrN2O3S/c1-10(17)11-3-4-13(12(14)9-11)15-5-7-16(8-6-15)20(2,18)19/h3-4,9-10,17H,5-8H2,1-2H3/t10-/m1/s1. The Morgan fingerprint density at radius 1 is 1.25 bits per heavy atom. The molecule has 7 heteroatoms. The topological polar surface area (TPSA) is 60.9 Å². The molecule has 0 amide bonds. The number of sulfonamides is 1. The molecule has 1 atom stereocenters. The molecule has 1 N–H and O–H groups in total. The van der Waals surface area contributed by atoms with Gasteiger partial charge < -0.3 is 10.0 Å². The fourth-order valence-corrected chi connectivity index (χ4v) is 3.77. The molecule has 0 unspecified atom stereocenters. The highest BCUT2D eigenvalue weighted by atomic mass is 79.9. The summed E-state index contributed by atoms with van der Waals surface area (Å²) in [7, 11) is -3.10. The van der Waals surface area contributed by atoms with Gasteiger partial charge in [0.15, 0.2) is 0 Å². The van der Waals surface area contributed by atoms with Crippen molar-refractivity contribution in [1.29, 1.82) is 0 Å². The molecule has 1 saturated heterocycles. The van der Waals surface area contributed by atoms with E-state index in [4.69, 9.17) is 0 Å². The summed E-state index contributed by atoms with van der Waals surface area (Å²) in [4.78, 5) is 2.15. The summed E-state index contributed by atoms with van der Waals surface area (Å²) in [5.41, 5.74) is 1.89. The van der Waals surface area contributed by atoms with E-state index in [0.29, 0.717) is 26.2 Å². The van der Waals surface area contributed by atoms with Gasteiger partial charge in [-0.3, -0.25) is 0 Å². The average molecular weight is 363 g/mol. The largest absolute Gasteiger partial charge is 0.389 e. The zero-order chi connectivity index (χ0) is 14.9. The zero-order valence-corrected chi connectivity index (χ0v) is 14.0. The molecule has 0 aromatic heterocycles. The summed E-state index contributed by atoms with van der Waals surface area (Å²) >= 11 is 3.52. The van der Waals surface area contributed by atoms with Gasteiger partial charge in [0.2, 0.25) is 10.0 Å². The molecule has 1 aliphatic heterocycles. The van der Waals surface area contributed by atoms with Gasteiger partial charge in [0.25, 0.3) is 0 Å². The summed E-state index contributed by atoms with van der Waals surface area (Å²) in [6.45, 7) is 4.07. The van der Waals surface area contributed by atoms with Gasteiger partial charge in [-0.15, -0.1) is 0 Å². The van der Waals surface area contributed by atoms with Gasteiger partial charge in [0.05, 0.1) is 18.0 Å². The smallest absolute Gasteiger partial charge is 0.211 e. The van der Waals surface area contributed by atoms with Crippen LogP contribution in [-0.4, -0.2) is 50.3 Å². The summed E-state index contributed by atoms with van der Waals surface area (Å²) < 4.78 is 25.4. The van der Waals surface area contributed by atoms with Gasteiger partial charge >= 0.3 is 0 Å². The molecule has 112 valence electrons. The molecule has 0 radical (unpaired) electrons. The van der Waals surface area contributed by atoms with E-state index in [9.17, 15) is 13.5 Å². The van der Waals surface area contributed by atoms with E-state index in [1.807, 2.05) is 18.2 Å². The van der Waals surface area contributed by atoms with Crippen molar-refractivity contribution in [3.63, 3.8) is 0 Å². The van der Waals surface area contributed by atoms with E-state index in [-0.39, 0.29) is 0 Å². The molecule has 20 heavy (non-hydrogen) atoms. The quantitative estimate of drug-likeness (QED) is 0.886. The van der Waals surface area contributed by atoms with Crippen molar-refractivity contribution in [2.24, 2.45) is 0 Å². The number of halogens is 1. The molecular formula is C13H19BrN2O3S. The molecule has 1 heterocycles. The second-order valence-electron chi connectivity index (χ2n) is 5.04. The van der Waals surface area contributed by atoms with Crippen molar-refractivity contribution in [3.8, 4) is 0 Å². The number of piperazine rings is 1. The maximum absolute atomic E-state index is 11.5. The predicted octanol–water partition coefficient (Wildman–Crippen LogP) is 1.58. The van der Waals surface area contributed by atoms with E-state index < -0.39 is 16.1 Å². The fraction of sp³-hybridized carbons (Fsp3) is 0.538. The highest BCUT2D eigenvalue weighted by Gasteiger charge is 2.24. The average Bonchev–Trinajstić information content (AvgIpc) is 2.37. The lowest BCUT2D eigenvalue weighted by Crippen LogP contribution is -2.48. The van der Waals surface area contributed by atoms with Crippen LogP contribution in [0.25, 0.3) is 0 Å². The monoisotopic (exact) mass is 362 g/mol. The Morgan fingerprint density at radius 2 is 1.85 bits per heavy atom. The minimum atomic E-state index is -3.10. The lowest BCUT2D eigenvalue weighted by Gasteiger charge is -2.35. The molecule has 0 saturated carbocycles. The lowest BCUT2D eigenvalue weighted by molar-refractivity contribution is 0.199. The van der Waals surface area contributed by atoms with Crippen molar-refractivity contribution in [2.75, 3.05) is 37.3 Å². The first-order chi connectivity index (χ1) is 9.29. The van der Waals surface area contributed by atoms with Gasteiger partial charge in [-0.25, -0.2) is 8.42 Å². The van der Waals surface area contributed by atoms with Crippen LogP contribution < -0.4 is 4.90 Å². The Balaban J connectivity index is 2.11. The lowest BCUT2D eigenvalue weighted by atomic mass is 10.1. The molecule has 1 fully saturated rings. The van der Waals surface area contributed by atoms with E-state index >= 15 is 0 Å². The van der Waals surface area contributed by atoms with Crippen LogP contribution >= 0.6 is 15.9 Å². The number of hydrogen-bond donors (Lipinski definition) is 1. The Labute approximate surface area is 128 Å². The number of benzene rings is 1. The van der Waals surface area contributed by atoms with Gasteiger partial charge in [-0.1, -0.05) is 6.07 Å². The maximum Gasteiger partial charge on any atom is 0.211 e. The third kappa shape index (κ3) is 3.52. The van der Waals surface area contributed by atoms with Crippen LogP contribution in [-0.2, 0) is 10.0 Å². The van der Waals surface area contributed by atoms with Crippen LogP contribution in [0, 0.1) is 0 Å². The SMILES string of the molecule is C[C@@H](O)c1ccc(N2CCN(S(C)(=O)=O)CC2)c(Br)c1. The number of hydrogen-bond acceptors (Lipinski definition) is 4. The van der Waals surface area contributed by atoms with Crippen LogP contribution in [0.5, 0.6) is 0 Å². The zero-order valence-electron chi connectivity index (χ0n) is 11.6. The number of rotatable bonds is 3. The Hall–Kier alpha value is -0.630. The van der Waals surface area contributed by atoms with Crippen molar-refractivity contribution in [2.45, 2.75) is 13.0 Å². The first kappa shape index (κ1) is 15.8. The third-order valence-corrected chi connectivity index (χ3v) is 5.44. The minimum absolute atomic E-state index is 0.498. The molecule has 0 spiro atoms. The first-order valence-corrected chi connectivity index (χ1v) is 9.11. The molecule has 1 aromatic rings. The van der Waals surface area contributed by atoms with Crippen molar-refractivity contribution >= 4 is 31.6 Å². The van der Waals surface area contributed by atoms with Gasteiger partial charge in [-0.2, -0.15) is 4.31 Å². The summed E-state index contributed by atoms with van der Waals surface area (Å²) in [5.74, 6) is 0. The Bertz CT molecular complexity index is 581. The summed E-state index contributed by atoms with van der Waals surface area (Å²) in [6.07, 6.45) is 0.748. The summed E-state index contributed by atoms with van der Waals surface area (Å²) in [5, 5.41) is 9.57. The first-order valence-electron chi connectivity index (χ1n) is 6.46. The van der Waals surface area contributed by atoms with Gasteiger partial charge in [0, 0.05) is 30.7 Å². The van der Waals surface area contributed by atoms with Crippen LogP contribution in [0.1, 0.15) is 18.6 Å². The van der Waals surface area contributed by atoms with E-state index in [1.165, 1.54) is 10.6 Å². The Morgan fingerprint density at radius 3 is 2.30 bits per heavy atom. The minimum Gasteiger partial charge on any atom is -0.389 e. The Kier molecular flexibility index (Phi) is 4.73. The van der Waals surface area contributed by atoms with E-state index in [1.54, 1.807) is 6.92 Å². The molecule has 0 aliphatic carbocycles. The molecule has 0 bridgehead atoms. The molecular weight excluding hydrogens is 344 g/mol. The van der Waals surface area contributed by atoms with Crippen molar-refractivity contribution < 1.29 is 13.5 Å². The summed E-state index contributed by atoms with van der Waals surface area (Å²) in [6, 6.07) is 5.76. The second kappa shape index (κ2) is 6.01.